The Balaban J connectivity index is 1.12. The van der Waals surface area contributed by atoms with Gasteiger partial charge in [0.25, 0.3) is 5.19 Å². The lowest BCUT2D eigenvalue weighted by atomic mass is 9.97. The Morgan fingerprint density at radius 2 is 1.84 bits per heavy atom. The maximum atomic E-state index is 11.4. The van der Waals surface area contributed by atoms with Crippen LogP contribution in [0.4, 0.5) is 0 Å². The molecule has 0 radical (unpaired) electrons. The van der Waals surface area contributed by atoms with Crippen molar-refractivity contribution in [2.45, 2.75) is 57.7 Å². The second kappa shape index (κ2) is 9.08. The standard InChI is InChI=1S/C25H29N3O3S/c1-16-3-10-23-24(13-16)32-25(27-23)31-22-8-6-21(7-9-22)30-12-11-28-19-4-5-20(28)15-18(14-19)26-17(2)29/h3,6-10,13,18-20H,4-5,11-12,14-15H2,1-2H3,(H,26,29)/t18-,19+,20-. The van der Waals surface area contributed by atoms with Crippen molar-refractivity contribution in [3.8, 4) is 16.7 Å². The van der Waals surface area contributed by atoms with Crippen molar-refractivity contribution in [1.82, 2.24) is 15.2 Å². The molecule has 1 aromatic heterocycles. The average molecular weight is 452 g/mol. The molecule has 2 saturated heterocycles. The van der Waals surface area contributed by atoms with Crippen LogP contribution in [0.1, 0.15) is 38.2 Å². The van der Waals surface area contributed by atoms with Gasteiger partial charge in [0.05, 0.1) is 10.2 Å². The number of nitrogens with zero attached hydrogens (tertiary/aromatic N) is 2. The first-order valence-corrected chi connectivity index (χ1v) is 12.2. The molecular weight excluding hydrogens is 422 g/mol. The van der Waals surface area contributed by atoms with Crippen molar-refractivity contribution >= 4 is 27.5 Å². The molecule has 2 aliphatic rings. The van der Waals surface area contributed by atoms with Gasteiger partial charge in [-0.2, -0.15) is 0 Å². The second-order valence-electron chi connectivity index (χ2n) is 8.86. The van der Waals surface area contributed by atoms with Gasteiger partial charge in [-0.05, 0) is 74.6 Å². The van der Waals surface area contributed by atoms with Gasteiger partial charge in [-0.15, -0.1) is 0 Å². The van der Waals surface area contributed by atoms with Gasteiger partial charge in [-0.1, -0.05) is 17.4 Å². The summed E-state index contributed by atoms with van der Waals surface area (Å²) in [5.74, 6) is 1.68. The average Bonchev–Trinajstić information content (AvgIpc) is 3.25. The van der Waals surface area contributed by atoms with Crippen LogP contribution < -0.4 is 14.8 Å². The lowest BCUT2D eigenvalue weighted by Gasteiger charge is -2.39. The third-order valence-electron chi connectivity index (χ3n) is 6.46. The lowest BCUT2D eigenvalue weighted by molar-refractivity contribution is -0.120. The number of amides is 1. The van der Waals surface area contributed by atoms with Crippen molar-refractivity contribution in [3.05, 3.63) is 48.0 Å². The summed E-state index contributed by atoms with van der Waals surface area (Å²) < 4.78 is 13.1. The summed E-state index contributed by atoms with van der Waals surface area (Å²) in [6.07, 6.45) is 4.54. The number of rotatable bonds is 7. The molecule has 0 aliphatic carbocycles. The predicted octanol–water partition coefficient (Wildman–Crippen LogP) is 4.91. The van der Waals surface area contributed by atoms with E-state index in [0.29, 0.717) is 29.9 Å². The number of carbonyl (C=O) groups is 1. The number of carbonyl (C=O) groups excluding carboxylic acids is 1. The van der Waals surface area contributed by atoms with Crippen molar-refractivity contribution in [3.63, 3.8) is 0 Å². The Morgan fingerprint density at radius 3 is 2.56 bits per heavy atom. The number of piperidine rings is 1. The van der Waals surface area contributed by atoms with Gasteiger partial charge in [-0.3, -0.25) is 9.69 Å². The smallest absolute Gasteiger partial charge is 0.279 e. The van der Waals surface area contributed by atoms with Crippen molar-refractivity contribution in [1.29, 1.82) is 0 Å². The molecule has 1 amide bonds. The minimum absolute atomic E-state index is 0.0804. The molecule has 6 nitrogen and oxygen atoms in total. The Morgan fingerprint density at radius 1 is 1.12 bits per heavy atom. The maximum Gasteiger partial charge on any atom is 0.279 e. The molecule has 168 valence electrons. The molecule has 2 aliphatic heterocycles. The molecule has 0 spiro atoms. The van der Waals surface area contributed by atoms with Crippen molar-refractivity contribution in [2.24, 2.45) is 0 Å². The van der Waals surface area contributed by atoms with E-state index >= 15 is 0 Å². The zero-order valence-electron chi connectivity index (χ0n) is 18.5. The van der Waals surface area contributed by atoms with Gasteiger partial charge in [0.15, 0.2) is 0 Å². The first kappa shape index (κ1) is 21.2. The van der Waals surface area contributed by atoms with Gasteiger partial charge in [0.1, 0.15) is 18.1 Å². The fourth-order valence-corrected chi connectivity index (χ4v) is 6.01. The SMILES string of the molecule is CC(=O)N[C@H]1C[C@H]2CC[C@@H](C1)N2CCOc1ccc(Oc2nc3ccc(C)cc3s2)cc1. The van der Waals surface area contributed by atoms with Crippen LogP contribution in [0.2, 0.25) is 0 Å². The van der Waals surface area contributed by atoms with E-state index in [1.54, 1.807) is 18.3 Å². The van der Waals surface area contributed by atoms with Crippen LogP contribution in [-0.2, 0) is 4.79 Å². The monoisotopic (exact) mass is 451 g/mol. The van der Waals surface area contributed by atoms with Crippen LogP contribution in [-0.4, -0.2) is 47.1 Å². The molecule has 0 saturated carbocycles. The lowest BCUT2D eigenvalue weighted by Crippen LogP contribution is -2.51. The molecule has 2 aromatic carbocycles. The van der Waals surface area contributed by atoms with Crippen LogP contribution in [0.5, 0.6) is 16.7 Å². The Bertz CT molecular complexity index is 1080. The molecule has 1 N–H and O–H groups in total. The Kier molecular flexibility index (Phi) is 6.02. The molecule has 32 heavy (non-hydrogen) atoms. The van der Waals surface area contributed by atoms with Crippen LogP contribution in [0.25, 0.3) is 10.2 Å². The molecule has 2 fully saturated rings. The third kappa shape index (κ3) is 4.74. The van der Waals surface area contributed by atoms with E-state index in [-0.39, 0.29) is 5.91 Å². The maximum absolute atomic E-state index is 11.4. The van der Waals surface area contributed by atoms with Gasteiger partial charge >= 0.3 is 0 Å². The van der Waals surface area contributed by atoms with E-state index < -0.39 is 0 Å². The van der Waals surface area contributed by atoms with Gasteiger partial charge < -0.3 is 14.8 Å². The normalized spacial score (nSPS) is 22.8. The van der Waals surface area contributed by atoms with E-state index in [0.717, 1.165) is 41.1 Å². The largest absolute Gasteiger partial charge is 0.492 e. The first-order chi connectivity index (χ1) is 15.5. The van der Waals surface area contributed by atoms with Crippen LogP contribution in [0.15, 0.2) is 42.5 Å². The summed E-state index contributed by atoms with van der Waals surface area (Å²) in [5, 5.41) is 3.76. The van der Waals surface area contributed by atoms with E-state index in [1.165, 1.54) is 18.4 Å². The number of hydrogen-bond donors (Lipinski definition) is 1. The number of nitrogens with one attached hydrogen (secondary N) is 1. The molecule has 3 atom stereocenters. The predicted molar refractivity (Wildman–Crippen MR) is 127 cm³/mol. The number of aryl methyl sites for hydroxylation is 1. The highest BCUT2D eigenvalue weighted by molar-refractivity contribution is 7.20. The topological polar surface area (TPSA) is 63.7 Å². The Hall–Kier alpha value is -2.64. The van der Waals surface area contributed by atoms with E-state index in [1.807, 2.05) is 30.3 Å². The Labute approximate surface area is 192 Å². The fourth-order valence-electron chi connectivity index (χ4n) is 5.07. The quantitative estimate of drug-likeness (QED) is 0.553. The summed E-state index contributed by atoms with van der Waals surface area (Å²) in [4.78, 5) is 18.5. The van der Waals surface area contributed by atoms with E-state index in [4.69, 9.17) is 9.47 Å². The van der Waals surface area contributed by atoms with Gasteiger partial charge in [0.2, 0.25) is 5.91 Å². The molecule has 0 unspecified atom stereocenters. The molecule has 3 heterocycles. The minimum Gasteiger partial charge on any atom is -0.492 e. The summed E-state index contributed by atoms with van der Waals surface area (Å²) in [5.41, 5.74) is 2.19. The molecular formula is C25H29N3O3S. The number of thiazole rings is 1. The number of aromatic nitrogens is 1. The summed E-state index contributed by atoms with van der Waals surface area (Å²) in [6, 6.07) is 15.4. The number of ether oxygens (including phenoxy) is 2. The zero-order valence-corrected chi connectivity index (χ0v) is 19.4. The number of fused-ring (bicyclic) bond motifs is 3. The highest BCUT2D eigenvalue weighted by atomic mass is 32.1. The fraction of sp³-hybridized carbons (Fsp3) is 0.440. The molecule has 2 bridgehead atoms. The van der Waals surface area contributed by atoms with Crippen LogP contribution >= 0.6 is 11.3 Å². The van der Waals surface area contributed by atoms with Crippen molar-refractivity contribution in [2.75, 3.05) is 13.2 Å². The third-order valence-corrected chi connectivity index (χ3v) is 7.36. The van der Waals surface area contributed by atoms with Crippen molar-refractivity contribution < 1.29 is 14.3 Å². The number of hydrogen-bond acceptors (Lipinski definition) is 6. The summed E-state index contributed by atoms with van der Waals surface area (Å²) in [7, 11) is 0. The minimum atomic E-state index is 0.0804. The number of benzene rings is 2. The van der Waals surface area contributed by atoms with E-state index in [9.17, 15) is 4.79 Å². The first-order valence-electron chi connectivity index (χ1n) is 11.3. The van der Waals surface area contributed by atoms with Crippen LogP contribution in [0, 0.1) is 6.92 Å². The van der Waals surface area contributed by atoms with E-state index in [2.05, 4.69) is 34.3 Å². The highest BCUT2D eigenvalue weighted by Crippen LogP contribution is 2.36. The molecule has 3 aromatic rings. The second-order valence-corrected chi connectivity index (χ2v) is 9.86. The highest BCUT2D eigenvalue weighted by Gasteiger charge is 2.40. The molecule has 5 rings (SSSR count). The van der Waals surface area contributed by atoms with Gasteiger partial charge in [-0.25, -0.2) is 4.98 Å². The van der Waals surface area contributed by atoms with Gasteiger partial charge in [0, 0.05) is 31.6 Å². The summed E-state index contributed by atoms with van der Waals surface area (Å²) >= 11 is 1.56. The molecule has 7 heteroatoms. The summed E-state index contributed by atoms with van der Waals surface area (Å²) in [6.45, 7) is 5.27. The van der Waals surface area contributed by atoms with Crippen LogP contribution in [0.3, 0.4) is 0 Å². The zero-order chi connectivity index (χ0) is 22.1.